The number of esters is 1. The van der Waals surface area contributed by atoms with E-state index in [9.17, 15) is 9.59 Å². The molecule has 0 unspecified atom stereocenters. The normalized spacial score (nSPS) is 9.80. The Morgan fingerprint density at radius 2 is 2.07 bits per heavy atom. The Bertz CT molecular complexity index is 430. The number of benzene rings is 1. The van der Waals surface area contributed by atoms with Gasteiger partial charge < -0.3 is 9.84 Å². The van der Waals surface area contributed by atoms with E-state index in [4.69, 9.17) is 9.84 Å². The second-order valence-corrected chi connectivity index (χ2v) is 4.74. The smallest absolute Gasteiger partial charge is 0.339 e. The molecule has 6 heteroatoms. The first kappa shape index (κ1) is 12.4. The van der Waals surface area contributed by atoms with E-state index >= 15 is 0 Å². The molecule has 0 saturated heterocycles. The van der Waals surface area contributed by atoms with Gasteiger partial charge in [0.15, 0.2) is 5.75 Å². The zero-order valence-corrected chi connectivity index (χ0v) is 11.3. The molecule has 0 aromatic heterocycles. The summed E-state index contributed by atoms with van der Waals surface area (Å²) in [6.45, 7) is 1.23. The van der Waals surface area contributed by atoms with Crippen LogP contribution in [0.3, 0.4) is 0 Å². The second-order valence-electron chi connectivity index (χ2n) is 2.66. The third-order valence-electron chi connectivity index (χ3n) is 1.48. The number of halogens is 2. The number of ether oxygens (including phenoxy) is 1. The molecule has 0 saturated carbocycles. The van der Waals surface area contributed by atoms with Crippen LogP contribution in [-0.4, -0.2) is 17.0 Å². The molecule has 0 atom stereocenters. The molecule has 0 aliphatic rings. The number of rotatable bonds is 2. The predicted molar refractivity (Wildman–Crippen MR) is 65.1 cm³/mol. The zero-order chi connectivity index (χ0) is 11.6. The van der Waals surface area contributed by atoms with E-state index in [0.717, 1.165) is 0 Å². The van der Waals surface area contributed by atoms with Gasteiger partial charge in [0, 0.05) is 11.4 Å². The third kappa shape index (κ3) is 3.16. The standard InChI is InChI=1S/C9H6BrIO4/c1-4(12)15-8-6(9(13)14)2-5(10)3-7(8)11/h2-3H,1H3,(H,13,14). The van der Waals surface area contributed by atoms with Crippen molar-refractivity contribution < 1.29 is 19.4 Å². The molecule has 1 aromatic carbocycles. The first-order valence-electron chi connectivity index (χ1n) is 3.82. The fourth-order valence-corrected chi connectivity index (χ4v) is 2.59. The lowest BCUT2D eigenvalue weighted by Gasteiger charge is -2.08. The van der Waals surface area contributed by atoms with Crippen LogP contribution in [0.2, 0.25) is 0 Å². The Hall–Kier alpha value is -0.630. The van der Waals surface area contributed by atoms with Crippen molar-refractivity contribution in [2.75, 3.05) is 0 Å². The summed E-state index contributed by atoms with van der Waals surface area (Å²) in [6, 6.07) is 3.06. The first-order valence-corrected chi connectivity index (χ1v) is 5.69. The Morgan fingerprint density at radius 1 is 1.47 bits per heavy atom. The minimum absolute atomic E-state index is 0.0380. The Morgan fingerprint density at radius 3 is 2.53 bits per heavy atom. The molecule has 0 amide bonds. The van der Waals surface area contributed by atoms with E-state index in [2.05, 4.69) is 15.9 Å². The fourth-order valence-electron chi connectivity index (χ4n) is 0.967. The summed E-state index contributed by atoms with van der Waals surface area (Å²) in [6.07, 6.45) is 0. The number of carboxylic acids is 1. The van der Waals surface area contributed by atoms with E-state index in [0.29, 0.717) is 8.04 Å². The van der Waals surface area contributed by atoms with Gasteiger partial charge in [-0.3, -0.25) is 4.79 Å². The Balaban J connectivity index is 3.33. The van der Waals surface area contributed by atoms with Gasteiger partial charge in [-0.2, -0.15) is 0 Å². The van der Waals surface area contributed by atoms with Crippen LogP contribution in [0.5, 0.6) is 5.75 Å². The van der Waals surface area contributed by atoms with Crippen LogP contribution in [0.4, 0.5) is 0 Å². The van der Waals surface area contributed by atoms with Crippen molar-refractivity contribution in [3.8, 4) is 5.75 Å². The lowest BCUT2D eigenvalue weighted by molar-refractivity contribution is -0.131. The number of carbonyl (C=O) groups excluding carboxylic acids is 1. The van der Waals surface area contributed by atoms with E-state index in [1.165, 1.54) is 13.0 Å². The summed E-state index contributed by atoms with van der Waals surface area (Å²) in [5.41, 5.74) is -0.0380. The van der Waals surface area contributed by atoms with E-state index in [-0.39, 0.29) is 11.3 Å². The van der Waals surface area contributed by atoms with Gasteiger partial charge in [-0.15, -0.1) is 0 Å². The first-order chi connectivity index (χ1) is 6.91. The minimum atomic E-state index is -1.13. The monoisotopic (exact) mass is 384 g/mol. The molecular weight excluding hydrogens is 379 g/mol. The number of carbonyl (C=O) groups is 2. The largest absolute Gasteiger partial charge is 0.478 e. The van der Waals surface area contributed by atoms with Gasteiger partial charge in [0.05, 0.1) is 3.57 Å². The number of aromatic carboxylic acids is 1. The molecular formula is C9H6BrIO4. The average molecular weight is 385 g/mol. The highest BCUT2D eigenvalue weighted by Gasteiger charge is 2.17. The van der Waals surface area contributed by atoms with Crippen LogP contribution >= 0.6 is 38.5 Å². The van der Waals surface area contributed by atoms with Gasteiger partial charge in [-0.1, -0.05) is 15.9 Å². The van der Waals surface area contributed by atoms with E-state index in [1.807, 2.05) is 22.6 Å². The summed E-state index contributed by atoms with van der Waals surface area (Å²) >= 11 is 5.08. The van der Waals surface area contributed by atoms with Crippen LogP contribution in [0.1, 0.15) is 17.3 Å². The molecule has 15 heavy (non-hydrogen) atoms. The van der Waals surface area contributed by atoms with Crippen molar-refractivity contribution in [1.29, 1.82) is 0 Å². The molecule has 0 radical (unpaired) electrons. The maximum atomic E-state index is 10.9. The highest BCUT2D eigenvalue weighted by molar-refractivity contribution is 14.1. The quantitative estimate of drug-likeness (QED) is 0.483. The van der Waals surface area contributed by atoms with E-state index in [1.54, 1.807) is 6.07 Å². The van der Waals surface area contributed by atoms with E-state index < -0.39 is 11.9 Å². The van der Waals surface area contributed by atoms with Crippen molar-refractivity contribution in [1.82, 2.24) is 0 Å². The van der Waals surface area contributed by atoms with Gasteiger partial charge in [0.1, 0.15) is 5.56 Å². The highest BCUT2D eigenvalue weighted by atomic mass is 127. The summed E-state index contributed by atoms with van der Waals surface area (Å²) in [5, 5.41) is 8.91. The average Bonchev–Trinajstić information content (AvgIpc) is 2.08. The molecule has 0 fully saturated rings. The van der Waals surface area contributed by atoms with Crippen molar-refractivity contribution in [3.05, 3.63) is 25.7 Å². The Labute approximate surface area is 108 Å². The molecule has 0 heterocycles. The van der Waals surface area contributed by atoms with Crippen molar-refractivity contribution in [2.24, 2.45) is 0 Å². The molecule has 1 rings (SSSR count). The third-order valence-corrected chi connectivity index (χ3v) is 2.74. The van der Waals surface area contributed by atoms with Gasteiger partial charge in [0.25, 0.3) is 0 Å². The summed E-state index contributed by atoms with van der Waals surface area (Å²) in [4.78, 5) is 21.7. The van der Waals surface area contributed by atoms with Gasteiger partial charge in [-0.25, -0.2) is 4.79 Å². The van der Waals surface area contributed by atoms with Crippen molar-refractivity contribution in [2.45, 2.75) is 6.92 Å². The molecule has 1 aromatic rings. The Kier molecular flexibility index (Phi) is 4.09. The fraction of sp³-hybridized carbons (Fsp3) is 0.111. The lowest BCUT2D eigenvalue weighted by Crippen LogP contribution is -2.08. The van der Waals surface area contributed by atoms with Gasteiger partial charge >= 0.3 is 11.9 Å². The topological polar surface area (TPSA) is 63.6 Å². The second kappa shape index (κ2) is 4.93. The highest BCUT2D eigenvalue weighted by Crippen LogP contribution is 2.30. The SMILES string of the molecule is CC(=O)Oc1c(I)cc(Br)cc1C(=O)O. The van der Waals surface area contributed by atoms with Crippen LogP contribution < -0.4 is 4.74 Å². The minimum Gasteiger partial charge on any atom is -0.478 e. The molecule has 0 aliphatic heterocycles. The lowest BCUT2D eigenvalue weighted by atomic mass is 10.2. The molecule has 80 valence electrons. The van der Waals surface area contributed by atoms with Crippen LogP contribution in [0.15, 0.2) is 16.6 Å². The molecule has 0 bridgehead atoms. The molecule has 4 nitrogen and oxygen atoms in total. The maximum Gasteiger partial charge on any atom is 0.339 e. The van der Waals surface area contributed by atoms with Crippen molar-refractivity contribution in [3.63, 3.8) is 0 Å². The van der Waals surface area contributed by atoms with Crippen LogP contribution in [0, 0.1) is 3.57 Å². The van der Waals surface area contributed by atoms with Gasteiger partial charge in [0.2, 0.25) is 0 Å². The zero-order valence-electron chi connectivity index (χ0n) is 7.58. The van der Waals surface area contributed by atoms with Crippen LogP contribution in [-0.2, 0) is 4.79 Å². The van der Waals surface area contributed by atoms with Crippen LogP contribution in [0.25, 0.3) is 0 Å². The molecule has 0 aliphatic carbocycles. The van der Waals surface area contributed by atoms with Gasteiger partial charge in [-0.05, 0) is 34.7 Å². The summed E-state index contributed by atoms with van der Waals surface area (Å²) in [7, 11) is 0. The molecule has 1 N–H and O–H groups in total. The number of hydrogen-bond donors (Lipinski definition) is 1. The van der Waals surface area contributed by atoms with Crippen molar-refractivity contribution >= 4 is 50.5 Å². The predicted octanol–water partition coefficient (Wildman–Crippen LogP) is 2.68. The number of carboxylic acid groups (broad SMARTS) is 1. The summed E-state index contributed by atoms with van der Waals surface area (Å²) < 4.78 is 6.03. The molecule has 0 spiro atoms. The maximum absolute atomic E-state index is 10.9. The number of hydrogen-bond acceptors (Lipinski definition) is 3. The summed E-state index contributed by atoms with van der Waals surface area (Å²) in [5.74, 6) is -1.60.